The molecule has 0 bridgehead atoms. The van der Waals surface area contributed by atoms with E-state index in [2.05, 4.69) is 4.74 Å². The fourth-order valence-corrected chi connectivity index (χ4v) is 1.19. The minimum absolute atomic E-state index is 0.0638. The summed E-state index contributed by atoms with van der Waals surface area (Å²) in [6.45, 7) is 5.80. The molecular formula is C12H18O3. The molecule has 0 radical (unpaired) electrons. The lowest BCUT2D eigenvalue weighted by Crippen LogP contribution is -2.02. The molecule has 0 aliphatic heterocycles. The van der Waals surface area contributed by atoms with Crippen molar-refractivity contribution in [3.05, 3.63) is 34.9 Å². The molecule has 0 saturated carbocycles. The molecule has 0 heterocycles. The van der Waals surface area contributed by atoms with Crippen LogP contribution in [0, 0.1) is 6.92 Å². The van der Waals surface area contributed by atoms with Gasteiger partial charge in [0, 0.05) is 0 Å². The molecule has 0 fully saturated rings. The third-order valence-electron chi connectivity index (χ3n) is 1.74. The van der Waals surface area contributed by atoms with Crippen LogP contribution in [0.3, 0.4) is 0 Å². The van der Waals surface area contributed by atoms with Crippen LogP contribution < -0.4 is 0 Å². The van der Waals surface area contributed by atoms with Crippen LogP contribution in [0.15, 0.2) is 18.2 Å². The van der Waals surface area contributed by atoms with E-state index < -0.39 is 0 Å². The number of hydrogen-bond acceptors (Lipinski definition) is 3. The Hall–Kier alpha value is -1.35. The number of esters is 1. The molecule has 84 valence electrons. The Bertz CT molecular complexity index is 319. The molecule has 1 aromatic carbocycles. The van der Waals surface area contributed by atoms with Gasteiger partial charge in [0.15, 0.2) is 0 Å². The highest BCUT2D eigenvalue weighted by Gasteiger charge is 2.06. The van der Waals surface area contributed by atoms with Gasteiger partial charge in [-0.1, -0.05) is 19.9 Å². The maximum Gasteiger partial charge on any atom is 0.337 e. The first-order valence-electron chi connectivity index (χ1n) is 4.97. The maximum atomic E-state index is 11.1. The second-order valence-corrected chi connectivity index (χ2v) is 2.86. The van der Waals surface area contributed by atoms with Crippen molar-refractivity contribution in [3.63, 3.8) is 0 Å². The number of aliphatic hydroxyl groups excluding tert-OH is 1. The summed E-state index contributed by atoms with van der Waals surface area (Å²) in [5.74, 6) is -0.376. The third kappa shape index (κ3) is 4.13. The molecule has 0 aliphatic carbocycles. The van der Waals surface area contributed by atoms with Crippen molar-refractivity contribution in [1.82, 2.24) is 0 Å². The zero-order valence-corrected chi connectivity index (χ0v) is 9.70. The minimum atomic E-state index is -0.376. The van der Waals surface area contributed by atoms with Crippen LogP contribution in [0.5, 0.6) is 0 Å². The number of benzene rings is 1. The van der Waals surface area contributed by atoms with Crippen molar-refractivity contribution in [3.8, 4) is 0 Å². The Morgan fingerprint density at radius 1 is 1.33 bits per heavy atom. The number of carbonyl (C=O) groups excluding carboxylic acids is 1. The third-order valence-corrected chi connectivity index (χ3v) is 1.74. The van der Waals surface area contributed by atoms with E-state index in [0.717, 1.165) is 11.1 Å². The normalized spacial score (nSPS) is 8.87. The van der Waals surface area contributed by atoms with Crippen LogP contribution in [0.1, 0.15) is 35.3 Å². The lowest BCUT2D eigenvalue weighted by Gasteiger charge is -2.03. The highest BCUT2D eigenvalue weighted by Crippen LogP contribution is 2.10. The summed E-state index contributed by atoms with van der Waals surface area (Å²) in [5, 5.41) is 8.89. The predicted molar refractivity (Wildman–Crippen MR) is 59.8 cm³/mol. The molecule has 3 heteroatoms. The number of aryl methyl sites for hydroxylation is 1. The Balaban J connectivity index is 0.000000921. The largest absolute Gasteiger partial charge is 0.465 e. The average molecular weight is 210 g/mol. The van der Waals surface area contributed by atoms with Gasteiger partial charge in [-0.25, -0.2) is 4.79 Å². The molecule has 0 spiro atoms. The second-order valence-electron chi connectivity index (χ2n) is 2.86. The van der Waals surface area contributed by atoms with Crippen molar-refractivity contribution in [2.45, 2.75) is 27.4 Å². The molecule has 15 heavy (non-hydrogen) atoms. The molecule has 0 aliphatic rings. The molecule has 3 nitrogen and oxygen atoms in total. The zero-order valence-electron chi connectivity index (χ0n) is 9.70. The molecule has 1 N–H and O–H groups in total. The number of methoxy groups -OCH3 is 1. The fourth-order valence-electron chi connectivity index (χ4n) is 1.19. The summed E-state index contributed by atoms with van der Waals surface area (Å²) < 4.78 is 4.57. The quantitative estimate of drug-likeness (QED) is 0.762. The smallest absolute Gasteiger partial charge is 0.337 e. The van der Waals surface area contributed by atoms with Crippen LogP contribution in [0.25, 0.3) is 0 Å². The van der Waals surface area contributed by atoms with Crippen LogP contribution in [0.2, 0.25) is 0 Å². The summed E-state index contributed by atoms with van der Waals surface area (Å²) in [7, 11) is 1.34. The molecule has 1 rings (SSSR count). The lowest BCUT2D eigenvalue weighted by atomic mass is 10.1. The number of ether oxygens (including phenoxy) is 1. The van der Waals surface area contributed by atoms with Crippen LogP contribution >= 0.6 is 0 Å². The van der Waals surface area contributed by atoms with Crippen LogP contribution in [-0.4, -0.2) is 18.2 Å². The van der Waals surface area contributed by atoms with Crippen LogP contribution in [-0.2, 0) is 11.3 Å². The van der Waals surface area contributed by atoms with Crippen molar-refractivity contribution in [2.75, 3.05) is 7.11 Å². The zero-order chi connectivity index (χ0) is 11.8. The first-order valence-corrected chi connectivity index (χ1v) is 4.97. The van der Waals surface area contributed by atoms with Gasteiger partial charge in [0.1, 0.15) is 0 Å². The van der Waals surface area contributed by atoms with Gasteiger partial charge in [0.05, 0.1) is 19.3 Å². The van der Waals surface area contributed by atoms with E-state index in [4.69, 9.17) is 5.11 Å². The van der Waals surface area contributed by atoms with E-state index in [1.807, 2.05) is 26.8 Å². The molecule has 1 aromatic rings. The minimum Gasteiger partial charge on any atom is -0.465 e. The fraction of sp³-hybridized carbons (Fsp3) is 0.417. The Morgan fingerprint density at radius 3 is 2.40 bits per heavy atom. The molecule has 0 aromatic heterocycles. The molecule has 0 saturated heterocycles. The van der Waals surface area contributed by atoms with Gasteiger partial charge in [-0.2, -0.15) is 0 Å². The number of aliphatic hydroxyl groups is 1. The van der Waals surface area contributed by atoms with Gasteiger partial charge in [-0.05, 0) is 30.2 Å². The van der Waals surface area contributed by atoms with Gasteiger partial charge >= 0.3 is 5.97 Å². The highest BCUT2D eigenvalue weighted by atomic mass is 16.5. The molecule has 0 atom stereocenters. The lowest BCUT2D eigenvalue weighted by molar-refractivity contribution is 0.0600. The van der Waals surface area contributed by atoms with Gasteiger partial charge < -0.3 is 9.84 Å². The van der Waals surface area contributed by atoms with Gasteiger partial charge in [-0.3, -0.25) is 0 Å². The first-order chi connectivity index (χ1) is 7.17. The van der Waals surface area contributed by atoms with Crippen LogP contribution in [0.4, 0.5) is 0 Å². The van der Waals surface area contributed by atoms with E-state index in [-0.39, 0.29) is 12.6 Å². The SMILES string of the molecule is CC.COC(=O)c1cc(C)cc(CO)c1. The van der Waals surface area contributed by atoms with E-state index in [1.54, 1.807) is 12.1 Å². The average Bonchev–Trinajstić information content (AvgIpc) is 2.29. The van der Waals surface area contributed by atoms with Crippen molar-refractivity contribution < 1.29 is 14.6 Å². The topological polar surface area (TPSA) is 46.5 Å². The van der Waals surface area contributed by atoms with E-state index >= 15 is 0 Å². The second kappa shape index (κ2) is 7.01. The molecular weight excluding hydrogens is 192 g/mol. The number of rotatable bonds is 2. The summed E-state index contributed by atoms with van der Waals surface area (Å²) in [6, 6.07) is 5.18. The molecule has 0 unspecified atom stereocenters. The number of hydrogen-bond donors (Lipinski definition) is 1. The number of carbonyl (C=O) groups is 1. The monoisotopic (exact) mass is 210 g/mol. The van der Waals surface area contributed by atoms with Gasteiger partial charge in [0.25, 0.3) is 0 Å². The van der Waals surface area contributed by atoms with Gasteiger partial charge in [0.2, 0.25) is 0 Å². The van der Waals surface area contributed by atoms with Gasteiger partial charge in [-0.15, -0.1) is 0 Å². The predicted octanol–water partition coefficient (Wildman–Crippen LogP) is 2.30. The Kier molecular flexibility index (Phi) is 6.38. The summed E-state index contributed by atoms with van der Waals surface area (Å²) in [6.07, 6.45) is 0. The summed E-state index contributed by atoms with van der Waals surface area (Å²) in [5.41, 5.74) is 2.14. The summed E-state index contributed by atoms with van der Waals surface area (Å²) >= 11 is 0. The Labute approximate surface area is 90.7 Å². The Morgan fingerprint density at radius 2 is 1.93 bits per heavy atom. The first kappa shape index (κ1) is 13.7. The van der Waals surface area contributed by atoms with Crippen molar-refractivity contribution in [2.24, 2.45) is 0 Å². The van der Waals surface area contributed by atoms with Crippen molar-refractivity contribution >= 4 is 5.97 Å². The van der Waals surface area contributed by atoms with E-state index in [0.29, 0.717) is 5.56 Å². The molecule has 0 amide bonds. The summed E-state index contributed by atoms with van der Waals surface area (Å²) in [4.78, 5) is 11.1. The maximum absolute atomic E-state index is 11.1. The van der Waals surface area contributed by atoms with E-state index in [9.17, 15) is 4.79 Å². The van der Waals surface area contributed by atoms with E-state index in [1.165, 1.54) is 7.11 Å². The standard InChI is InChI=1S/C10H12O3.C2H6/c1-7-3-8(6-11)5-9(4-7)10(12)13-2;1-2/h3-5,11H,6H2,1-2H3;1-2H3. The van der Waals surface area contributed by atoms with Crippen molar-refractivity contribution in [1.29, 1.82) is 0 Å². The highest BCUT2D eigenvalue weighted by molar-refractivity contribution is 5.89.